The molecule has 1 atom stereocenters. The van der Waals surface area contributed by atoms with Crippen LogP contribution in [0, 0.1) is 0 Å². The zero-order valence-corrected chi connectivity index (χ0v) is 10.9. The highest BCUT2D eigenvalue weighted by Crippen LogP contribution is 2.45. The van der Waals surface area contributed by atoms with Crippen LogP contribution < -0.4 is 15.2 Å². The van der Waals surface area contributed by atoms with Gasteiger partial charge in [0.15, 0.2) is 11.5 Å². The van der Waals surface area contributed by atoms with E-state index in [1.807, 2.05) is 13.0 Å². The monoisotopic (exact) mass is 247 g/mol. The Morgan fingerprint density at radius 2 is 1.89 bits per heavy atom. The molecular weight excluding hydrogens is 226 g/mol. The van der Waals surface area contributed by atoms with Crippen molar-refractivity contribution in [2.75, 3.05) is 0 Å². The third-order valence-corrected chi connectivity index (χ3v) is 3.77. The summed E-state index contributed by atoms with van der Waals surface area (Å²) in [5.41, 5.74) is 7.06. The fourth-order valence-electron chi connectivity index (χ4n) is 2.93. The van der Waals surface area contributed by atoms with Crippen LogP contribution in [0.1, 0.15) is 44.6 Å². The molecule has 1 aliphatic heterocycles. The lowest BCUT2D eigenvalue weighted by atomic mass is 9.94. The van der Waals surface area contributed by atoms with Crippen LogP contribution >= 0.6 is 0 Å². The van der Waals surface area contributed by atoms with E-state index in [1.165, 1.54) is 24.8 Å². The lowest BCUT2D eigenvalue weighted by Gasteiger charge is -2.31. The maximum atomic E-state index is 6.09. The smallest absolute Gasteiger partial charge is 0.251 e. The van der Waals surface area contributed by atoms with E-state index in [-0.39, 0.29) is 11.8 Å². The Kier molecular flexibility index (Phi) is 2.94. The van der Waals surface area contributed by atoms with Gasteiger partial charge in [-0.1, -0.05) is 12.5 Å². The summed E-state index contributed by atoms with van der Waals surface area (Å²) in [7, 11) is 0. The SMILES string of the molecule is CC(N)Cc1ccc2c(c1)OC1(CCCCC1)O2. The Bertz CT molecular complexity index is 436. The highest BCUT2D eigenvalue weighted by atomic mass is 16.7. The van der Waals surface area contributed by atoms with Crippen LogP contribution in [0.5, 0.6) is 11.5 Å². The predicted molar refractivity (Wildman–Crippen MR) is 70.9 cm³/mol. The van der Waals surface area contributed by atoms with Gasteiger partial charge in [0, 0.05) is 18.9 Å². The van der Waals surface area contributed by atoms with E-state index in [2.05, 4.69) is 12.1 Å². The van der Waals surface area contributed by atoms with Crippen molar-refractivity contribution in [2.24, 2.45) is 5.73 Å². The molecule has 0 radical (unpaired) electrons. The minimum absolute atomic E-state index is 0.175. The van der Waals surface area contributed by atoms with E-state index in [9.17, 15) is 0 Å². The van der Waals surface area contributed by atoms with Crippen LogP contribution in [0.15, 0.2) is 18.2 Å². The van der Waals surface area contributed by atoms with Crippen molar-refractivity contribution < 1.29 is 9.47 Å². The van der Waals surface area contributed by atoms with Crippen LogP contribution in [0.3, 0.4) is 0 Å². The third-order valence-electron chi connectivity index (χ3n) is 3.77. The van der Waals surface area contributed by atoms with Gasteiger partial charge in [0.1, 0.15) is 0 Å². The first kappa shape index (κ1) is 11.8. The van der Waals surface area contributed by atoms with Crippen LogP contribution in [0.2, 0.25) is 0 Å². The van der Waals surface area contributed by atoms with Gasteiger partial charge in [-0.2, -0.15) is 0 Å². The normalized spacial score (nSPS) is 22.1. The lowest BCUT2D eigenvalue weighted by Crippen LogP contribution is -2.40. The molecule has 0 saturated heterocycles. The standard InChI is InChI=1S/C15H21NO2/c1-11(16)9-12-5-6-13-14(10-12)18-15(17-13)7-3-2-4-8-15/h5-6,10-11H,2-4,7-9,16H2,1H3. The molecule has 1 aliphatic carbocycles. The summed E-state index contributed by atoms with van der Waals surface area (Å²) >= 11 is 0. The van der Waals surface area contributed by atoms with Crippen LogP contribution in [0.25, 0.3) is 0 Å². The van der Waals surface area contributed by atoms with Crippen molar-refractivity contribution in [1.82, 2.24) is 0 Å². The summed E-state index contributed by atoms with van der Waals surface area (Å²) in [5.74, 6) is 1.42. The first-order valence-corrected chi connectivity index (χ1v) is 6.93. The topological polar surface area (TPSA) is 44.5 Å². The summed E-state index contributed by atoms with van der Waals surface area (Å²) < 4.78 is 12.1. The van der Waals surface area contributed by atoms with Crippen molar-refractivity contribution in [3.8, 4) is 11.5 Å². The second-order valence-corrected chi connectivity index (χ2v) is 5.64. The van der Waals surface area contributed by atoms with E-state index in [0.29, 0.717) is 0 Å². The Labute approximate surface area is 108 Å². The number of benzene rings is 1. The Hall–Kier alpha value is -1.22. The first-order chi connectivity index (χ1) is 8.67. The van der Waals surface area contributed by atoms with Gasteiger partial charge in [-0.05, 0) is 43.9 Å². The largest absolute Gasteiger partial charge is 0.448 e. The molecule has 1 fully saturated rings. The predicted octanol–water partition coefficient (Wildman–Crippen LogP) is 3.01. The minimum atomic E-state index is -0.368. The molecule has 18 heavy (non-hydrogen) atoms. The molecule has 1 aromatic carbocycles. The summed E-state index contributed by atoms with van der Waals surface area (Å²) in [6, 6.07) is 6.38. The molecule has 1 saturated carbocycles. The lowest BCUT2D eigenvalue weighted by molar-refractivity contribution is -0.105. The van der Waals surface area contributed by atoms with Gasteiger partial charge in [0.05, 0.1) is 0 Å². The van der Waals surface area contributed by atoms with Crippen LogP contribution in [-0.2, 0) is 6.42 Å². The highest BCUT2D eigenvalue weighted by molar-refractivity contribution is 5.46. The molecule has 2 aliphatic rings. The summed E-state index contributed by atoms with van der Waals surface area (Å²) in [6.07, 6.45) is 6.57. The van der Waals surface area contributed by atoms with Gasteiger partial charge in [0.25, 0.3) is 5.79 Å². The molecule has 3 rings (SSSR count). The quantitative estimate of drug-likeness (QED) is 0.873. The van der Waals surface area contributed by atoms with E-state index in [1.54, 1.807) is 0 Å². The third kappa shape index (κ3) is 2.19. The summed E-state index contributed by atoms with van der Waals surface area (Å²) in [6.45, 7) is 2.02. The van der Waals surface area contributed by atoms with Gasteiger partial charge >= 0.3 is 0 Å². The van der Waals surface area contributed by atoms with E-state index in [4.69, 9.17) is 15.2 Å². The number of fused-ring (bicyclic) bond motifs is 1. The van der Waals surface area contributed by atoms with Gasteiger partial charge < -0.3 is 15.2 Å². The molecule has 0 aromatic heterocycles. The van der Waals surface area contributed by atoms with Gasteiger partial charge in [-0.3, -0.25) is 0 Å². The number of hydrogen-bond donors (Lipinski definition) is 1. The Balaban J connectivity index is 1.80. The number of hydrogen-bond acceptors (Lipinski definition) is 3. The number of ether oxygens (including phenoxy) is 2. The van der Waals surface area contributed by atoms with Crippen molar-refractivity contribution in [2.45, 2.75) is 57.3 Å². The molecule has 3 heteroatoms. The Morgan fingerprint density at radius 1 is 1.17 bits per heavy atom. The molecule has 1 unspecified atom stereocenters. The van der Waals surface area contributed by atoms with E-state index >= 15 is 0 Å². The van der Waals surface area contributed by atoms with Crippen molar-refractivity contribution in [1.29, 1.82) is 0 Å². The minimum Gasteiger partial charge on any atom is -0.448 e. The number of nitrogens with two attached hydrogens (primary N) is 1. The molecule has 2 N–H and O–H groups in total. The molecule has 1 spiro atoms. The number of rotatable bonds is 2. The molecule has 0 amide bonds. The molecule has 98 valence electrons. The average molecular weight is 247 g/mol. The summed E-state index contributed by atoms with van der Waals surface area (Å²) in [4.78, 5) is 0. The second kappa shape index (κ2) is 4.47. The van der Waals surface area contributed by atoms with Gasteiger partial charge in [0.2, 0.25) is 0 Å². The highest BCUT2D eigenvalue weighted by Gasteiger charge is 2.42. The van der Waals surface area contributed by atoms with Crippen molar-refractivity contribution >= 4 is 0 Å². The van der Waals surface area contributed by atoms with Crippen molar-refractivity contribution in [3.05, 3.63) is 23.8 Å². The second-order valence-electron chi connectivity index (χ2n) is 5.64. The van der Waals surface area contributed by atoms with Crippen molar-refractivity contribution in [3.63, 3.8) is 0 Å². The maximum absolute atomic E-state index is 6.09. The molecular formula is C15H21NO2. The zero-order valence-electron chi connectivity index (χ0n) is 10.9. The van der Waals surface area contributed by atoms with Crippen LogP contribution in [-0.4, -0.2) is 11.8 Å². The maximum Gasteiger partial charge on any atom is 0.251 e. The molecule has 1 heterocycles. The zero-order chi connectivity index (χ0) is 12.6. The first-order valence-electron chi connectivity index (χ1n) is 6.93. The molecule has 0 bridgehead atoms. The van der Waals surface area contributed by atoms with Gasteiger partial charge in [-0.25, -0.2) is 0 Å². The van der Waals surface area contributed by atoms with E-state index in [0.717, 1.165) is 30.8 Å². The fourth-order valence-corrected chi connectivity index (χ4v) is 2.93. The molecule has 3 nitrogen and oxygen atoms in total. The summed E-state index contributed by atoms with van der Waals surface area (Å²) in [5, 5.41) is 0. The molecule has 1 aromatic rings. The Morgan fingerprint density at radius 3 is 2.61 bits per heavy atom. The van der Waals surface area contributed by atoms with Gasteiger partial charge in [-0.15, -0.1) is 0 Å². The van der Waals surface area contributed by atoms with E-state index < -0.39 is 0 Å². The fraction of sp³-hybridized carbons (Fsp3) is 0.600. The van der Waals surface area contributed by atoms with Crippen LogP contribution in [0.4, 0.5) is 0 Å². The average Bonchev–Trinajstić information content (AvgIpc) is 2.66.